The number of amides is 1. The Hall–Kier alpha value is -2.00. The first-order chi connectivity index (χ1) is 10.2. The zero-order valence-corrected chi connectivity index (χ0v) is 12.4. The van der Waals surface area contributed by atoms with Gasteiger partial charge in [0.25, 0.3) is 5.91 Å². The quantitative estimate of drug-likeness (QED) is 0.855. The van der Waals surface area contributed by atoms with E-state index < -0.39 is 0 Å². The second-order valence-corrected chi connectivity index (χ2v) is 5.74. The predicted octanol–water partition coefficient (Wildman–Crippen LogP) is 3.90. The molecule has 1 aliphatic rings. The third kappa shape index (κ3) is 2.74. The summed E-state index contributed by atoms with van der Waals surface area (Å²) in [6, 6.07) is 15.3. The zero-order chi connectivity index (χ0) is 14.8. The van der Waals surface area contributed by atoms with Gasteiger partial charge in [-0.15, -0.1) is 0 Å². The lowest BCUT2D eigenvalue weighted by atomic mass is 10.0. The summed E-state index contributed by atoms with van der Waals surface area (Å²) in [5, 5.41) is 0.546. The fourth-order valence-corrected chi connectivity index (χ4v) is 3.10. The molecule has 1 heterocycles. The van der Waals surface area contributed by atoms with Gasteiger partial charge in [-0.25, -0.2) is 0 Å². The van der Waals surface area contributed by atoms with E-state index in [-0.39, 0.29) is 11.9 Å². The van der Waals surface area contributed by atoms with Gasteiger partial charge in [-0.3, -0.25) is 4.79 Å². The molecule has 1 unspecified atom stereocenters. The minimum Gasteiger partial charge on any atom is -0.398 e. The summed E-state index contributed by atoms with van der Waals surface area (Å²) in [5.74, 6) is -0.0180. The van der Waals surface area contributed by atoms with E-state index in [4.69, 9.17) is 17.3 Å². The van der Waals surface area contributed by atoms with Crippen LogP contribution in [0.5, 0.6) is 0 Å². The van der Waals surface area contributed by atoms with E-state index >= 15 is 0 Å². The molecule has 0 bridgehead atoms. The maximum absolute atomic E-state index is 12.8. The molecular weight excluding hydrogens is 284 g/mol. The molecule has 0 aliphatic carbocycles. The molecule has 2 aromatic rings. The smallest absolute Gasteiger partial charge is 0.256 e. The molecule has 4 heteroatoms. The lowest BCUT2D eigenvalue weighted by molar-refractivity contribution is 0.0737. The Morgan fingerprint density at radius 1 is 1.19 bits per heavy atom. The molecule has 2 N–H and O–H groups in total. The van der Waals surface area contributed by atoms with Crippen molar-refractivity contribution in [2.45, 2.75) is 18.9 Å². The standard InChI is InChI=1S/C17H17ClN2O/c18-13-8-9-14(15(19)11-13)17(21)20-10-4-7-16(20)12-5-2-1-3-6-12/h1-3,5-6,8-9,11,16H,4,7,10,19H2. The zero-order valence-electron chi connectivity index (χ0n) is 11.6. The van der Waals surface area contributed by atoms with E-state index in [2.05, 4.69) is 12.1 Å². The number of nitrogens with two attached hydrogens (primary N) is 1. The van der Waals surface area contributed by atoms with Crippen molar-refractivity contribution in [1.82, 2.24) is 4.90 Å². The van der Waals surface area contributed by atoms with Crippen LogP contribution < -0.4 is 5.73 Å². The second-order valence-electron chi connectivity index (χ2n) is 5.30. The largest absolute Gasteiger partial charge is 0.398 e. The molecule has 0 radical (unpaired) electrons. The summed E-state index contributed by atoms with van der Waals surface area (Å²) in [6.07, 6.45) is 2.00. The molecule has 3 nitrogen and oxygen atoms in total. The van der Waals surface area contributed by atoms with Crippen molar-refractivity contribution >= 4 is 23.2 Å². The van der Waals surface area contributed by atoms with Crippen LogP contribution in [0.4, 0.5) is 5.69 Å². The summed E-state index contributed by atoms with van der Waals surface area (Å²) < 4.78 is 0. The Kier molecular flexibility index (Phi) is 3.84. The fraction of sp³-hybridized carbons (Fsp3) is 0.235. The fourth-order valence-electron chi connectivity index (χ4n) is 2.91. The Morgan fingerprint density at radius 3 is 2.67 bits per heavy atom. The van der Waals surface area contributed by atoms with Crippen LogP contribution in [-0.2, 0) is 0 Å². The molecule has 0 saturated carbocycles. The molecule has 108 valence electrons. The number of nitrogen functional groups attached to an aromatic ring is 1. The molecule has 1 fully saturated rings. The molecule has 1 saturated heterocycles. The van der Waals surface area contributed by atoms with E-state index in [0.717, 1.165) is 19.4 Å². The molecule has 3 rings (SSSR count). The predicted molar refractivity (Wildman–Crippen MR) is 85.3 cm³/mol. The van der Waals surface area contributed by atoms with Crippen molar-refractivity contribution in [3.63, 3.8) is 0 Å². The van der Waals surface area contributed by atoms with E-state index in [1.54, 1.807) is 18.2 Å². The SMILES string of the molecule is Nc1cc(Cl)ccc1C(=O)N1CCCC1c1ccccc1. The highest BCUT2D eigenvalue weighted by Gasteiger charge is 2.31. The topological polar surface area (TPSA) is 46.3 Å². The van der Waals surface area contributed by atoms with Crippen LogP contribution in [0.1, 0.15) is 34.8 Å². The molecule has 21 heavy (non-hydrogen) atoms. The maximum Gasteiger partial charge on any atom is 0.256 e. The Labute approximate surface area is 129 Å². The number of halogens is 1. The summed E-state index contributed by atoms with van der Waals surface area (Å²) in [7, 11) is 0. The van der Waals surface area contributed by atoms with Gasteiger partial charge in [-0.2, -0.15) is 0 Å². The summed E-state index contributed by atoms with van der Waals surface area (Å²) >= 11 is 5.90. The van der Waals surface area contributed by atoms with Gasteiger partial charge in [0.15, 0.2) is 0 Å². The van der Waals surface area contributed by atoms with Gasteiger partial charge in [0.1, 0.15) is 0 Å². The van der Waals surface area contributed by atoms with Gasteiger partial charge in [0.05, 0.1) is 11.6 Å². The number of benzene rings is 2. The summed E-state index contributed by atoms with van der Waals surface area (Å²) in [4.78, 5) is 14.7. The lowest BCUT2D eigenvalue weighted by Gasteiger charge is -2.25. The number of hydrogen-bond acceptors (Lipinski definition) is 2. The summed E-state index contributed by atoms with van der Waals surface area (Å²) in [5.41, 5.74) is 8.08. The number of anilines is 1. The second kappa shape index (κ2) is 5.78. The lowest BCUT2D eigenvalue weighted by Crippen LogP contribution is -2.31. The van der Waals surface area contributed by atoms with Gasteiger partial charge >= 0.3 is 0 Å². The van der Waals surface area contributed by atoms with E-state index in [9.17, 15) is 4.79 Å². The highest BCUT2D eigenvalue weighted by molar-refractivity contribution is 6.31. The van der Waals surface area contributed by atoms with Crippen LogP contribution in [0.3, 0.4) is 0 Å². The van der Waals surface area contributed by atoms with Crippen molar-refractivity contribution < 1.29 is 4.79 Å². The Morgan fingerprint density at radius 2 is 1.95 bits per heavy atom. The number of carbonyl (C=O) groups is 1. The van der Waals surface area contributed by atoms with Gasteiger partial charge in [-0.05, 0) is 36.6 Å². The van der Waals surface area contributed by atoms with Crippen LogP contribution in [0.25, 0.3) is 0 Å². The molecule has 0 spiro atoms. The molecule has 1 amide bonds. The normalized spacial score (nSPS) is 18.0. The number of likely N-dealkylation sites (tertiary alicyclic amines) is 1. The average Bonchev–Trinajstić information content (AvgIpc) is 2.97. The van der Waals surface area contributed by atoms with Crippen molar-refractivity contribution in [3.05, 3.63) is 64.7 Å². The highest BCUT2D eigenvalue weighted by atomic mass is 35.5. The van der Waals surface area contributed by atoms with Crippen molar-refractivity contribution in [2.75, 3.05) is 12.3 Å². The molecule has 0 aromatic heterocycles. The first-order valence-corrected chi connectivity index (χ1v) is 7.45. The van der Waals surface area contributed by atoms with Crippen LogP contribution in [0.2, 0.25) is 5.02 Å². The molecule has 1 atom stereocenters. The van der Waals surface area contributed by atoms with Gasteiger partial charge < -0.3 is 10.6 Å². The van der Waals surface area contributed by atoms with Crippen molar-refractivity contribution in [2.24, 2.45) is 0 Å². The number of hydrogen-bond donors (Lipinski definition) is 1. The monoisotopic (exact) mass is 300 g/mol. The van der Waals surface area contributed by atoms with Gasteiger partial charge in [0.2, 0.25) is 0 Å². The Balaban J connectivity index is 1.90. The minimum absolute atomic E-state index is 0.0180. The van der Waals surface area contributed by atoms with Crippen LogP contribution in [-0.4, -0.2) is 17.4 Å². The average molecular weight is 301 g/mol. The third-order valence-electron chi connectivity index (χ3n) is 3.94. The molecule has 2 aromatic carbocycles. The van der Waals surface area contributed by atoms with E-state index in [1.807, 2.05) is 23.1 Å². The van der Waals surface area contributed by atoms with Crippen LogP contribution in [0, 0.1) is 0 Å². The van der Waals surface area contributed by atoms with Crippen LogP contribution in [0.15, 0.2) is 48.5 Å². The highest BCUT2D eigenvalue weighted by Crippen LogP contribution is 2.34. The van der Waals surface area contributed by atoms with Crippen LogP contribution >= 0.6 is 11.6 Å². The first-order valence-electron chi connectivity index (χ1n) is 7.08. The first kappa shape index (κ1) is 14.0. The van der Waals surface area contributed by atoms with E-state index in [1.165, 1.54) is 5.56 Å². The van der Waals surface area contributed by atoms with Crippen molar-refractivity contribution in [3.8, 4) is 0 Å². The van der Waals surface area contributed by atoms with Gasteiger partial charge in [0, 0.05) is 17.3 Å². The minimum atomic E-state index is -0.0180. The third-order valence-corrected chi connectivity index (χ3v) is 4.18. The van der Waals surface area contributed by atoms with E-state index in [0.29, 0.717) is 16.3 Å². The summed E-state index contributed by atoms with van der Waals surface area (Å²) in [6.45, 7) is 0.764. The number of nitrogens with zero attached hydrogens (tertiary/aromatic N) is 1. The van der Waals surface area contributed by atoms with Crippen molar-refractivity contribution in [1.29, 1.82) is 0 Å². The molecule has 1 aliphatic heterocycles. The molecular formula is C17H17ClN2O. The van der Waals surface area contributed by atoms with Gasteiger partial charge in [-0.1, -0.05) is 41.9 Å². The number of rotatable bonds is 2. The maximum atomic E-state index is 12.8. The number of carbonyl (C=O) groups excluding carboxylic acids is 1. The Bertz CT molecular complexity index is 657.